The SMILES string of the molecule is NC(=O)N=Nc1ccc2cc(Br)ccc2c1O. The average molecular weight is 294 g/mol. The van der Waals surface area contributed by atoms with Crippen molar-refractivity contribution in [2.24, 2.45) is 16.0 Å². The monoisotopic (exact) mass is 293 g/mol. The van der Waals surface area contributed by atoms with E-state index in [2.05, 4.69) is 26.2 Å². The van der Waals surface area contributed by atoms with Crippen molar-refractivity contribution in [2.45, 2.75) is 0 Å². The van der Waals surface area contributed by atoms with Crippen LogP contribution in [0.3, 0.4) is 0 Å². The van der Waals surface area contributed by atoms with Crippen LogP contribution in [0, 0.1) is 0 Å². The number of phenols is 1. The Hall–Kier alpha value is -1.95. The molecule has 2 amide bonds. The fourth-order valence-corrected chi connectivity index (χ4v) is 1.84. The number of benzene rings is 2. The number of hydrogen-bond acceptors (Lipinski definition) is 3. The minimum atomic E-state index is -0.902. The van der Waals surface area contributed by atoms with Gasteiger partial charge in [0.25, 0.3) is 0 Å². The molecule has 0 atom stereocenters. The summed E-state index contributed by atoms with van der Waals surface area (Å²) in [7, 11) is 0. The van der Waals surface area contributed by atoms with Gasteiger partial charge in [0.15, 0.2) is 5.75 Å². The first-order valence-corrected chi connectivity index (χ1v) is 5.49. The Balaban J connectivity index is 2.58. The Morgan fingerprint density at radius 3 is 2.76 bits per heavy atom. The largest absolute Gasteiger partial charge is 0.505 e. The lowest BCUT2D eigenvalue weighted by atomic mass is 10.1. The zero-order valence-corrected chi connectivity index (χ0v) is 10.2. The minimum Gasteiger partial charge on any atom is -0.505 e. The number of hydrogen-bond donors (Lipinski definition) is 2. The summed E-state index contributed by atoms with van der Waals surface area (Å²) < 4.78 is 0.913. The molecule has 0 radical (unpaired) electrons. The van der Waals surface area contributed by atoms with Gasteiger partial charge in [0.1, 0.15) is 5.69 Å². The number of halogens is 1. The fourth-order valence-electron chi connectivity index (χ4n) is 1.46. The van der Waals surface area contributed by atoms with Crippen LogP contribution in [0.4, 0.5) is 10.5 Å². The topological polar surface area (TPSA) is 88.0 Å². The third-order valence-corrected chi connectivity index (χ3v) is 2.68. The van der Waals surface area contributed by atoms with Crippen LogP contribution in [0.1, 0.15) is 0 Å². The first-order chi connectivity index (χ1) is 8.08. The van der Waals surface area contributed by atoms with Crippen molar-refractivity contribution in [1.29, 1.82) is 0 Å². The molecule has 0 heterocycles. The van der Waals surface area contributed by atoms with Crippen LogP contribution in [0.2, 0.25) is 0 Å². The molecule has 2 aromatic rings. The summed E-state index contributed by atoms with van der Waals surface area (Å²) in [6.45, 7) is 0. The zero-order chi connectivity index (χ0) is 12.4. The van der Waals surface area contributed by atoms with Crippen LogP contribution < -0.4 is 5.73 Å². The molecule has 3 N–H and O–H groups in total. The second-order valence-electron chi connectivity index (χ2n) is 3.34. The zero-order valence-electron chi connectivity index (χ0n) is 8.59. The van der Waals surface area contributed by atoms with Gasteiger partial charge in [-0.25, -0.2) is 4.79 Å². The van der Waals surface area contributed by atoms with E-state index in [0.29, 0.717) is 5.39 Å². The Morgan fingerprint density at radius 1 is 1.29 bits per heavy atom. The Labute approximate surface area is 105 Å². The molecule has 0 aromatic heterocycles. The van der Waals surface area contributed by atoms with Gasteiger partial charge in [-0.05, 0) is 29.7 Å². The van der Waals surface area contributed by atoms with Gasteiger partial charge in [0, 0.05) is 9.86 Å². The smallest absolute Gasteiger partial charge is 0.356 e. The predicted octanol–water partition coefficient (Wildman–Crippen LogP) is 3.47. The molecule has 86 valence electrons. The number of urea groups is 1. The third kappa shape index (κ3) is 2.42. The van der Waals surface area contributed by atoms with Crippen molar-refractivity contribution in [1.82, 2.24) is 0 Å². The molecular weight excluding hydrogens is 286 g/mol. The molecule has 0 saturated carbocycles. The van der Waals surface area contributed by atoms with Crippen LogP contribution in [-0.2, 0) is 0 Å². The third-order valence-electron chi connectivity index (χ3n) is 2.19. The van der Waals surface area contributed by atoms with Crippen molar-refractivity contribution in [3.8, 4) is 5.75 Å². The van der Waals surface area contributed by atoms with Gasteiger partial charge in [-0.2, -0.15) is 0 Å². The number of nitrogens with zero attached hydrogens (tertiary/aromatic N) is 2. The number of rotatable bonds is 1. The average Bonchev–Trinajstić information content (AvgIpc) is 2.27. The van der Waals surface area contributed by atoms with Crippen molar-refractivity contribution in [3.63, 3.8) is 0 Å². The second kappa shape index (κ2) is 4.50. The van der Waals surface area contributed by atoms with E-state index in [4.69, 9.17) is 5.73 Å². The highest BCUT2D eigenvalue weighted by Crippen LogP contribution is 2.35. The van der Waals surface area contributed by atoms with E-state index in [0.717, 1.165) is 9.86 Å². The summed E-state index contributed by atoms with van der Waals surface area (Å²) in [6.07, 6.45) is 0. The predicted molar refractivity (Wildman–Crippen MR) is 67.4 cm³/mol. The Morgan fingerprint density at radius 2 is 2.06 bits per heavy atom. The van der Waals surface area contributed by atoms with Crippen molar-refractivity contribution in [2.75, 3.05) is 0 Å². The summed E-state index contributed by atoms with van der Waals surface area (Å²) in [5.41, 5.74) is 5.04. The summed E-state index contributed by atoms with van der Waals surface area (Å²) in [5.74, 6) is -0.0278. The lowest BCUT2D eigenvalue weighted by Gasteiger charge is -2.03. The number of amides is 2. The fraction of sp³-hybridized carbons (Fsp3) is 0. The van der Waals surface area contributed by atoms with Crippen molar-refractivity contribution < 1.29 is 9.90 Å². The molecule has 17 heavy (non-hydrogen) atoms. The number of phenolic OH excluding ortho intramolecular Hbond substituents is 1. The number of carbonyl (C=O) groups is 1. The molecule has 2 rings (SSSR count). The molecule has 0 aliphatic rings. The van der Waals surface area contributed by atoms with Crippen LogP contribution in [0.15, 0.2) is 45.0 Å². The van der Waals surface area contributed by atoms with E-state index in [1.165, 1.54) is 0 Å². The van der Waals surface area contributed by atoms with Crippen LogP contribution >= 0.6 is 15.9 Å². The van der Waals surface area contributed by atoms with Gasteiger partial charge in [-0.15, -0.1) is 5.11 Å². The van der Waals surface area contributed by atoms with E-state index in [-0.39, 0.29) is 11.4 Å². The maximum atomic E-state index is 10.5. The van der Waals surface area contributed by atoms with Gasteiger partial charge in [-0.3, -0.25) is 0 Å². The number of azo groups is 1. The summed E-state index contributed by atoms with van der Waals surface area (Å²) in [5, 5.41) is 18.2. The first-order valence-electron chi connectivity index (χ1n) is 4.70. The van der Waals surface area contributed by atoms with Gasteiger partial charge >= 0.3 is 6.03 Å². The van der Waals surface area contributed by atoms with E-state index in [9.17, 15) is 9.90 Å². The number of fused-ring (bicyclic) bond motifs is 1. The highest BCUT2D eigenvalue weighted by molar-refractivity contribution is 9.10. The van der Waals surface area contributed by atoms with Crippen LogP contribution in [0.25, 0.3) is 10.8 Å². The molecule has 5 nitrogen and oxygen atoms in total. The number of carbonyl (C=O) groups excluding carboxylic acids is 1. The number of primary amides is 1. The van der Waals surface area contributed by atoms with E-state index in [1.54, 1.807) is 24.3 Å². The van der Waals surface area contributed by atoms with Crippen molar-refractivity contribution in [3.05, 3.63) is 34.8 Å². The van der Waals surface area contributed by atoms with Gasteiger partial charge < -0.3 is 10.8 Å². The van der Waals surface area contributed by atoms with Gasteiger partial charge in [0.05, 0.1) is 0 Å². The number of aromatic hydroxyl groups is 1. The van der Waals surface area contributed by atoms with Gasteiger partial charge in [-0.1, -0.05) is 27.1 Å². The molecular formula is C11H8BrN3O2. The van der Waals surface area contributed by atoms with Crippen molar-refractivity contribution >= 4 is 38.4 Å². The normalized spacial score (nSPS) is 11.1. The second-order valence-corrected chi connectivity index (χ2v) is 4.25. The molecule has 0 saturated heterocycles. The van der Waals surface area contributed by atoms with E-state index in [1.807, 2.05) is 6.07 Å². The van der Waals surface area contributed by atoms with Gasteiger partial charge in [0.2, 0.25) is 0 Å². The summed E-state index contributed by atoms with van der Waals surface area (Å²) >= 11 is 3.34. The molecule has 6 heteroatoms. The number of nitrogens with two attached hydrogens (primary N) is 1. The molecule has 0 aliphatic heterocycles. The minimum absolute atomic E-state index is 0.0278. The first kappa shape index (κ1) is 11.5. The molecule has 0 aliphatic carbocycles. The standard InChI is InChI=1S/C11H8BrN3O2/c12-7-2-3-8-6(5-7)1-4-9(10(8)16)14-15-11(13)17/h1-5,16H,(H2,13,17). The molecule has 0 fully saturated rings. The lowest BCUT2D eigenvalue weighted by molar-refractivity contribution is 0.255. The van der Waals surface area contributed by atoms with E-state index >= 15 is 0 Å². The summed E-state index contributed by atoms with van der Waals surface area (Å²) in [4.78, 5) is 10.5. The van der Waals surface area contributed by atoms with Crippen LogP contribution in [0.5, 0.6) is 5.75 Å². The molecule has 0 spiro atoms. The maximum absolute atomic E-state index is 10.5. The molecule has 0 unspecified atom stereocenters. The molecule has 0 bridgehead atoms. The maximum Gasteiger partial charge on any atom is 0.356 e. The Bertz CT molecular complexity index is 625. The molecule has 2 aromatic carbocycles. The lowest BCUT2D eigenvalue weighted by Crippen LogP contribution is -2.01. The highest BCUT2D eigenvalue weighted by atomic mass is 79.9. The quantitative estimate of drug-likeness (QED) is 0.789. The van der Waals surface area contributed by atoms with E-state index < -0.39 is 6.03 Å². The van der Waals surface area contributed by atoms with Crippen LogP contribution in [-0.4, -0.2) is 11.1 Å². The Kier molecular flexibility index (Phi) is 3.06. The summed E-state index contributed by atoms with van der Waals surface area (Å²) in [6, 6.07) is 7.85. The highest BCUT2D eigenvalue weighted by Gasteiger charge is 2.06.